The number of aromatic nitrogens is 3. The summed E-state index contributed by atoms with van der Waals surface area (Å²) in [5.74, 6) is -0.123. The number of hydrogen-bond donors (Lipinski definition) is 1. The van der Waals surface area contributed by atoms with Crippen LogP contribution in [-0.2, 0) is 27.2 Å². The third-order valence-corrected chi connectivity index (χ3v) is 8.32. The van der Waals surface area contributed by atoms with Gasteiger partial charge in [-0.1, -0.05) is 6.42 Å². The minimum atomic E-state index is -4.48. The van der Waals surface area contributed by atoms with E-state index in [0.717, 1.165) is 44.6 Å². The van der Waals surface area contributed by atoms with Gasteiger partial charge in [-0.2, -0.15) is 18.3 Å². The average Bonchev–Trinajstić information content (AvgIpc) is 3.23. The molecule has 0 aliphatic carbocycles. The van der Waals surface area contributed by atoms with Gasteiger partial charge in [0.1, 0.15) is 0 Å². The van der Waals surface area contributed by atoms with E-state index in [1.807, 2.05) is 0 Å². The molecule has 2 saturated heterocycles. The van der Waals surface area contributed by atoms with Gasteiger partial charge in [0, 0.05) is 23.5 Å². The maximum atomic E-state index is 12.9. The van der Waals surface area contributed by atoms with Crippen LogP contribution in [0.5, 0.6) is 0 Å². The number of carbonyl (C=O) groups is 1. The van der Waals surface area contributed by atoms with Gasteiger partial charge in [-0.15, -0.1) is 0 Å². The van der Waals surface area contributed by atoms with E-state index in [-0.39, 0.29) is 35.7 Å². The van der Waals surface area contributed by atoms with E-state index >= 15 is 0 Å². The number of hydrogen-bond acceptors (Lipinski definition) is 6. The Morgan fingerprint density at radius 3 is 2.47 bits per heavy atom. The summed E-state index contributed by atoms with van der Waals surface area (Å²) in [6, 6.07) is 1.48. The van der Waals surface area contributed by atoms with Crippen molar-refractivity contribution in [3.05, 3.63) is 40.8 Å². The summed E-state index contributed by atoms with van der Waals surface area (Å²) in [7, 11) is -3.24. The Hall–Kier alpha value is -2.47. The number of rotatable bonds is 5. The first-order valence-corrected chi connectivity index (χ1v) is 13.1. The van der Waals surface area contributed by atoms with Crippen molar-refractivity contribution in [1.82, 2.24) is 25.0 Å². The van der Waals surface area contributed by atoms with Crippen LogP contribution >= 0.6 is 0 Å². The van der Waals surface area contributed by atoms with E-state index in [1.165, 1.54) is 10.7 Å². The summed E-state index contributed by atoms with van der Waals surface area (Å²) in [6.07, 6.45) is -0.576. The fourth-order valence-electron chi connectivity index (χ4n) is 4.83. The van der Waals surface area contributed by atoms with Crippen molar-refractivity contribution < 1.29 is 26.4 Å². The van der Waals surface area contributed by atoms with Crippen LogP contribution in [0.25, 0.3) is 5.82 Å². The summed E-state index contributed by atoms with van der Waals surface area (Å²) < 4.78 is 64.5. The highest BCUT2D eigenvalue weighted by Crippen LogP contribution is 2.29. The van der Waals surface area contributed by atoms with Gasteiger partial charge in [-0.3, -0.25) is 9.69 Å². The number of likely N-dealkylation sites (tertiary alicyclic amines) is 1. The molecule has 8 nitrogen and oxygen atoms in total. The van der Waals surface area contributed by atoms with Crippen molar-refractivity contribution in [2.24, 2.45) is 0 Å². The van der Waals surface area contributed by atoms with Gasteiger partial charge in [0.05, 0.1) is 35.2 Å². The smallest absolute Gasteiger partial charge is 0.350 e. The minimum absolute atomic E-state index is 0.0123. The zero-order chi connectivity index (χ0) is 24.7. The average molecular weight is 500 g/mol. The van der Waals surface area contributed by atoms with Crippen LogP contribution in [0.15, 0.2) is 18.3 Å². The van der Waals surface area contributed by atoms with Gasteiger partial charge >= 0.3 is 6.18 Å². The number of nitrogens with one attached hydrogen (secondary N) is 1. The molecule has 0 spiro atoms. The number of halogens is 3. The highest BCUT2D eigenvalue weighted by atomic mass is 32.2. The lowest BCUT2D eigenvalue weighted by atomic mass is 10.0. The summed E-state index contributed by atoms with van der Waals surface area (Å²) in [5, 5.41) is 7.28. The highest BCUT2D eigenvalue weighted by Gasteiger charge is 2.42. The molecule has 1 amide bonds. The molecule has 1 N–H and O–H groups in total. The van der Waals surface area contributed by atoms with Crippen LogP contribution in [0.3, 0.4) is 0 Å². The Morgan fingerprint density at radius 1 is 1.15 bits per heavy atom. The molecule has 2 aliphatic heterocycles. The second-order valence-electron chi connectivity index (χ2n) is 9.06. The van der Waals surface area contributed by atoms with Crippen molar-refractivity contribution in [3.8, 4) is 5.82 Å². The maximum absolute atomic E-state index is 12.9. The lowest BCUT2D eigenvalue weighted by molar-refractivity contribution is -0.137. The molecular weight excluding hydrogens is 471 g/mol. The van der Waals surface area contributed by atoms with Gasteiger partial charge in [-0.05, 0) is 51.9 Å². The number of alkyl halides is 3. The van der Waals surface area contributed by atoms with E-state index < -0.39 is 27.6 Å². The Labute approximate surface area is 196 Å². The summed E-state index contributed by atoms with van der Waals surface area (Å²) in [4.78, 5) is 19.0. The van der Waals surface area contributed by atoms with Crippen molar-refractivity contribution in [1.29, 1.82) is 0 Å². The number of sulfone groups is 1. The fourth-order valence-corrected chi connectivity index (χ4v) is 6.78. The second-order valence-corrected chi connectivity index (χ2v) is 11.2. The van der Waals surface area contributed by atoms with Crippen molar-refractivity contribution >= 4 is 15.7 Å². The van der Waals surface area contributed by atoms with Crippen LogP contribution in [-0.4, -0.2) is 70.7 Å². The molecule has 0 aromatic carbocycles. The monoisotopic (exact) mass is 499 g/mol. The first-order chi connectivity index (χ1) is 15.9. The van der Waals surface area contributed by atoms with Crippen LogP contribution in [0.2, 0.25) is 0 Å². The molecule has 2 aromatic rings. The molecule has 0 unspecified atom stereocenters. The summed E-state index contributed by atoms with van der Waals surface area (Å²) in [5.41, 5.74) is 0.925. The van der Waals surface area contributed by atoms with Gasteiger partial charge in [0.15, 0.2) is 15.7 Å². The Bertz CT molecular complexity index is 1160. The molecule has 186 valence electrons. The van der Waals surface area contributed by atoms with E-state index in [0.29, 0.717) is 17.0 Å². The zero-order valence-electron chi connectivity index (χ0n) is 19.1. The number of pyridine rings is 1. The molecule has 2 aliphatic rings. The number of aryl methyl sites for hydroxylation is 1. The standard InChI is InChI=1S/C22H28F3N5O3S/c1-14-17(15(2)30(28-14)20-7-6-16(11-26-20)22(23,24)25)10-21(31)27-18-12-34(32,33)13-19(18)29-8-4-3-5-9-29/h6-7,11,18-19H,3-5,8-10,12-13H2,1-2H3,(H,27,31)/t18-,19-/m0/s1. The molecule has 4 rings (SSSR count). The van der Waals surface area contributed by atoms with Gasteiger partial charge in [0.2, 0.25) is 5.91 Å². The molecule has 2 fully saturated rings. The topological polar surface area (TPSA) is 97.2 Å². The molecule has 34 heavy (non-hydrogen) atoms. The summed E-state index contributed by atoms with van der Waals surface area (Å²) >= 11 is 0. The lowest BCUT2D eigenvalue weighted by Crippen LogP contribution is -2.52. The zero-order valence-corrected chi connectivity index (χ0v) is 19.9. The van der Waals surface area contributed by atoms with E-state index in [9.17, 15) is 26.4 Å². The highest BCUT2D eigenvalue weighted by molar-refractivity contribution is 7.91. The first-order valence-electron chi connectivity index (χ1n) is 11.3. The molecule has 4 heterocycles. The van der Waals surface area contributed by atoms with Crippen molar-refractivity contribution in [3.63, 3.8) is 0 Å². The molecule has 12 heteroatoms. The number of nitrogens with zero attached hydrogens (tertiary/aromatic N) is 4. The third-order valence-electron chi connectivity index (χ3n) is 6.60. The van der Waals surface area contributed by atoms with Crippen molar-refractivity contribution in [2.75, 3.05) is 24.6 Å². The predicted molar refractivity (Wildman–Crippen MR) is 119 cm³/mol. The Balaban J connectivity index is 1.48. The van der Waals surface area contributed by atoms with E-state index in [2.05, 4.69) is 20.3 Å². The number of amides is 1. The van der Waals surface area contributed by atoms with Crippen molar-refractivity contribution in [2.45, 2.75) is 57.8 Å². The van der Waals surface area contributed by atoms with Crippen LogP contribution < -0.4 is 5.32 Å². The van der Waals surface area contributed by atoms with Gasteiger partial charge in [-0.25, -0.2) is 18.1 Å². The first kappa shape index (κ1) is 24.6. The van der Waals surface area contributed by atoms with E-state index in [1.54, 1.807) is 13.8 Å². The molecule has 0 radical (unpaired) electrons. The molecule has 0 saturated carbocycles. The largest absolute Gasteiger partial charge is 0.417 e. The second kappa shape index (κ2) is 9.29. The normalized spacial score (nSPS) is 23.2. The molecular formula is C22H28F3N5O3S. The minimum Gasteiger partial charge on any atom is -0.350 e. The molecule has 2 aromatic heterocycles. The Morgan fingerprint density at radius 2 is 1.85 bits per heavy atom. The van der Waals surface area contributed by atoms with Gasteiger partial charge in [0.25, 0.3) is 0 Å². The third kappa shape index (κ3) is 5.27. The summed E-state index contributed by atoms with van der Waals surface area (Å²) in [6.45, 7) is 5.10. The lowest BCUT2D eigenvalue weighted by Gasteiger charge is -2.35. The predicted octanol–water partition coefficient (Wildman–Crippen LogP) is 2.21. The van der Waals surface area contributed by atoms with Crippen LogP contribution in [0.4, 0.5) is 13.2 Å². The number of carbonyl (C=O) groups excluding carboxylic acids is 1. The number of piperidine rings is 1. The fraction of sp³-hybridized carbons (Fsp3) is 0.591. The van der Waals surface area contributed by atoms with Crippen LogP contribution in [0, 0.1) is 13.8 Å². The molecule has 0 bridgehead atoms. The van der Waals surface area contributed by atoms with E-state index in [4.69, 9.17) is 0 Å². The quantitative estimate of drug-likeness (QED) is 0.678. The van der Waals surface area contributed by atoms with Crippen LogP contribution in [0.1, 0.15) is 41.8 Å². The SMILES string of the molecule is Cc1nn(-c2ccc(C(F)(F)F)cn2)c(C)c1CC(=O)N[C@H]1CS(=O)(=O)C[C@@H]1N1CCCCC1. The Kier molecular flexibility index (Phi) is 6.74. The van der Waals surface area contributed by atoms with Gasteiger partial charge < -0.3 is 5.32 Å². The molecule has 2 atom stereocenters. The maximum Gasteiger partial charge on any atom is 0.417 e.